The molecule has 0 atom stereocenters. The Bertz CT molecular complexity index is 507. The molecule has 0 unspecified atom stereocenters. The van der Waals surface area contributed by atoms with Crippen molar-refractivity contribution in [3.05, 3.63) is 46.9 Å². The van der Waals surface area contributed by atoms with E-state index in [1.165, 1.54) is 16.8 Å². The molecule has 1 aromatic heterocycles. The van der Waals surface area contributed by atoms with Crippen molar-refractivity contribution in [2.75, 3.05) is 0 Å². The average Bonchev–Trinajstić information content (AvgIpc) is 2.64. The van der Waals surface area contributed by atoms with Crippen molar-refractivity contribution < 1.29 is 4.39 Å². The molecule has 0 radical (unpaired) electrons. The minimum absolute atomic E-state index is 0.0399. The summed E-state index contributed by atoms with van der Waals surface area (Å²) in [4.78, 5) is 10.5. The highest BCUT2D eigenvalue weighted by Gasteiger charge is 2.07. The maximum Gasteiger partial charge on any atom is 0.136 e. The Kier molecular flexibility index (Phi) is 2.29. The van der Waals surface area contributed by atoms with Gasteiger partial charge < -0.3 is 0 Å². The van der Waals surface area contributed by atoms with Crippen LogP contribution < -0.4 is 0 Å². The lowest BCUT2D eigenvalue weighted by Crippen LogP contribution is -1.95. The summed E-state index contributed by atoms with van der Waals surface area (Å²) in [5.41, 5.74) is 1.33. The van der Waals surface area contributed by atoms with Crippen molar-refractivity contribution in [2.45, 2.75) is 6.92 Å². The first-order valence-electron chi connectivity index (χ1n) is 4.36. The van der Waals surface area contributed by atoms with Crippen LogP contribution >= 0.6 is 0 Å². The predicted octanol–water partition coefficient (Wildman–Crippen LogP) is 2.72. The molecule has 0 amide bonds. The summed E-state index contributed by atoms with van der Waals surface area (Å²) >= 11 is 0. The molecule has 0 aliphatic rings. The normalized spacial score (nSPS) is 10.3. The number of nitrogens with zero attached hydrogens (tertiary/aromatic N) is 3. The molecule has 0 fully saturated rings. The second kappa shape index (κ2) is 3.61. The molecule has 15 heavy (non-hydrogen) atoms. The summed E-state index contributed by atoms with van der Waals surface area (Å²) in [7, 11) is 0. The monoisotopic (exact) mass is 205 g/mol. The van der Waals surface area contributed by atoms with E-state index in [0.29, 0.717) is 5.69 Å². The third kappa shape index (κ3) is 1.76. The zero-order valence-corrected chi connectivity index (χ0v) is 8.01. The largest absolute Gasteiger partial charge is 0.238 e. The third-order valence-electron chi connectivity index (χ3n) is 2.01. The molecule has 0 saturated carbocycles. The molecule has 1 aromatic carbocycles. The van der Waals surface area contributed by atoms with Gasteiger partial charge in [-0.25, -0.2) is 9.07 Å². The second-order valence-corrected chi connectivity index (χ2v) is 3.13. The molecule has 0 saturated heterocycles. The topological polar surface area (TPSA) is 47.2 Å². The zero-order chi connectivity index (χ0) is 10.8. The van der Waals surface area contributed by atoms with E-state index in [-0.39, 0.29) is 5.69 Å². The molecular formula is C10H8FN3O. The highest BCUT2D eigenvalue weighted by atomic mass is 19.1. The van der Waals surface area contributed by atoms with Crippen LogP contribution in [-0.2, 0) is 0 Å². The molecule has 5 heteroatoms. The summed E-state index contributed by atoms with van der Waals surface area (Å²) in [5, 5.41) is 6.88. The minimum Gasteiger partial charge on any atom is -0.238 e. The quantitative estimate of drug-likeness (QED) is 0.707. The number of halogens is 1. The zero-order valence-electron chi connectivity index (χ0n) is 8.01. The van der Waals surface area contributed by atoms with Gasteiger partial charge in [0.25, 0.3) is 0 Å². The van der Waals surface area contributed by atoms with E-state index in [1.54, 1.807) is 12.3 Å². The van der Waals surface area contributed by atoms with Crippen molar-refractivity contribution in [3.63, 3.8) is 0 Å². The van der Waals surface area contributed by atoms with Crippen molar-refractivity contribution in [3.8, 4) is 5.69 Å². The maximum atomic E-state index is 12.8. The Morgan fingerprint density at radius 1 is 1.40 bits per heavy atom. The molecule has 0 aliphatic carbocycles. The fourth-order valence-electron chi connectivity index (χ4n) is 1.31. The molecule has 4 nitrogen and oxygen atoms in total. The van der Waals surface area contributed by atoms with Crippen LogP contribution in [0.5, 0.6) is 0 Å². The van der Waals surface area contributed by atoms with Gasteiger partial charge in [0.05, 0.1) is 11.4 Å². The Morgan fingerprint density at radius 2 is 2.20 bits per heavy atom. The Hall–Kier alpha value is -2.04. The first kappa shape index (κ1) is 9.51. The van der Waals surface area contributed by atoms with Gasteiger partial charge in [-0.3, -0.25) is 0 Å². The highest BCUT2D eigenvalue weighted by molar-refractivity contribution is 5.56. The summed E-state index contributed by atoms with van der Waals surface area (Å²) in [6.45, 7) is 1.83. The summed E-state index contributed by atoms with van der Waals surface area (Å²) in [6, 6.07) is 5.61. The van der Waals surface area contributed by atoms with Crippen molar-refractivity contribution in [1.82, 2.24) is 9.78 Å². The van der Waals surface area contributed by atoms with Gasteiger partial charge in [0.1, 0.15) is 11.5 Å². The molecule has 0 bridgehead atoms. The predicted molar refractivity (Wildman–Crippen MR) is 53.7 cm³/mol. The van der Waals surface area contributed by atoms with Crippen LogP contribution in [0.1, 0.15) is 5.69 Å². The number of benzene rings is 1. The van der Waals surface area contributed by atoms with Crippen LogP contribution in [0.2, 0.25) is 0 Å². The van der Waals surface area contributed by atoms with E-state index in [1.807, 2.05) is 6.92 Å². The molecule has 0 spiro atoms. The van der Waals surface area contributed by atoms with Gasteiger partial charge >= 0.3 is 0 Å². The van der Waals surface area contributed by atoms with E-state index in [2.05, 4.69) is 10.3 Å². The Labute approximate surface area is 85.3 Å². The van der Waals surface area contributed by atoms with Gasteiger partial charge in [-0.2, -0.15) is 5.10 Å². The molecule has 2 rings (SSSR count). The van der Waals surface area contributed by atoms with Crippen LogP contribution in [0.4, 0.5) is 10.1 Å². The van der Waals surface area contributed by atoms with Crippen LogP contribution in [0, 0.1) is 17.6 Å². The van der Waals surface area contributed by atoms with Gasteiger partial charge in [-0.1, -0.05) is 0 Å². The van der Waals surface area contributed by atoms with Crippen LogP contribution in [-0.4, -0.2) is 9.78 Å². The summed E-state index contributed by atoms with van der Waals surface area (Å²) in [5.74, 6) is -0.489. The SMILES string of the molecule is Cc1ccn(-c2ccc(F)cc2N=O)n1. The maximum absolute atomic E-state index is 12.8. The van der Waals surface area contributed by atoms with Gasteiger partial charge in [0, 0.05) is 12.3 Å². The minimum atomic E-state index is -0.489. The number of rotatable bonds is 2. The average molecular weight is 205 g/mol. The number of hydrogen-bond acceptors (Lipinski definition) is 3. The fraction of sp³-hybridized carbons (Fsp3) is 0.100. The first-order valence-corrected chi connectivity index (χ1v) is 4.36. The van der Waals surface area contributed by atoms with E-state index >= 15 is 0 Å². The fourth-order valence-corrected chi connectivity index (χ4v) is 1.31. The third-order valence-corrected chi connectivity index (χ3v) is 2.01. The first-order chi connectivity index (χ1) is 7.20. The summed E-state index contributed by atoms with van der Waals surface area (Å²) in [6.07, 6.45) is 1.69. The van der Waals surface area contributed by atoms with Crippen molar-refractivity contribution >= 4 is 5.69 Å². The van der Waals surface area contributed by atoms with Gasteiger partial charge in [-0.15, -0.1) is 4.91 Å². The van der Waals surface area contributed by atoms with Crippen molar-refractivity contribution in [1.29, 1.82) is 0 Å². The van der Waals surface area contributed by atoms with Crippen LogP contribution in [0.3, 0.4) is 0 Å². The smallest absolute Gasteiger partial charge is 0.136 e. The molecule has 0 N–H and O–H groups in total. The number of aromatic nitrogens is 2. The van der Waals surface area contributed by atoms with Crippen LogP contribution in [0.15, 0.2) is 35.6 Å². The van der Waals surface area contributed by atoms with E-state index in [4.69, 9.17) is 0 Å². The van der Waals surface area contributed by atoms with E-state index < -0.39 is 5.82 Å². The van der Waals surface area contributed by atoms with E-state index in [9.17, 15) is 9.30 Å². The Morgan fingerprint density at radius 3 is 2.80 bits per heavy atom. The van der Waals surface area contributed by atoms with Crippen LogP contribution in [0.25, 0.3) is 5.69 Å². The van der Waals surface area contributed by atoms with E-state index in [0.717, 1.165) is 11.8 Å². The lowest BCUT2D eigenvalue weighted by Gasteiger charge is -2.02. The van der Waals surface area contributed by atoms with Gasteiger partial charge in [-0.05, 0) is 30.3 Å². The molecule has 0 aliphatic heterocycles. The second-order valence-electron chi connectivity index (χ2n) is 3.13. The number of aryl methyl sites for hydroxylation is 1. The summed E-state index contributed by atoms with van der Waals surface area (Å²) < 4.78 is 14.3. The van der Waals surface area contributed by atoms with Gasteiger partial charge in [0.15, 0.2) is 0 Å². The van der Waals surface area contributed by atoms with Gasteiger partial charge in [0.2, 0.25) is 0 Å². The highest BCUT2D eigenvalue weighted by Crippen LogP contribution is 2.23. The molecule has 1 heterocycles. The number of hydrogen-bond donors (Lipinski definition) is 0. The molecule has 76 valence electrons. The lowest BCUT2D eigenvalue weighted by molar-refractivity contribution is 0.627. The molecular weight excluding hydrogens is 197 g/mol. The Balaban J connectivity index is 2.57. The standard InChI is InChI=1S/C10H8FN3O/c1-7-4-5-14(12-7)10-3-2-8(11)6-9(10)13-15/h2-6H,1H3. The lowest BCUT2D eigenvalue weighted by atomic mass is 10.2. The van der Waals surface area contributed by atoms with Crippen molar-refractivity contribution in [2.24, 2.45) is 5.18 Å². The number of nitroso groups, excluding NO2 is 1. The molecule has 2 aromatic rings.